The van der Waals surface area contributed by atoms with Crippen molar-refractivity contribution < 1.29 is 4.39 Å². The Labute approximate surface area is 74.9 Å². The van der Waals surface area contributed by atoms with Gasteiger partial charge in [-0.15, -0.1) is 11.6 Å². The molecule has 0 aliphatic rings. The van der Waals surface area contributed by atoms with Crippen LogP contribution in [0.2, 0.25) is 5.02 Å². The molecule has 0 saturated heterocycles. The summed E-state index contributed by atoms with van der Waals surface area (Å²) in [7, 11) is 0. The average Bonchev–Trinajstić information content (AvgIpc) is 1.95. The monoisotopic (exact) mass is 192 g/mol. The Balaban J connectivity index is 2.90. The predicted octanol–water partition coefficient (Wildman–Crippen LogP) is 3.26. The highest BCUT2D eigenvalue weighted by Crippen LogP contribution is 2.15. The number of hydrogen-bond acceptors (Lipinski definition) is 0. The minimum Gasteiger partial charge on any atom is -0.207 e. The molecule has 1 aromatic rings. The van der Waals surface area contributed by atoms with E-state index in [-0.39, 0.29) is 5.82 Å². The Morgan fingerprint density at radius 1 is 1.36 bits per heavy atom. The Morgan fingerprint density at radius 2 is 2.09 bits per heavy atom. The lowest BCUT2D eigenvalue weighted by molar-refractivity contribution is 0.612. The van der Waals surface area contributed by atoms with Crippen LogP contribution in [0.5, 0.6) is 0 Å². The van der Waals surface area contributed by atoms with Crippen molar-refractivity contribution in [1.82, 2.24) is 0 Å². The van der Waals surface area contributed by atoms with E-state index in [9.17, 15) is 4.39 Å². The molecule has 11 heavy (non-hydrogen) atoms. The molecule has 0 spiro atoms. The van der Waals surface area contributed by atoms with Crippen LogP contribution >= 0.6 is 23.2 Å². The minimum atomic E-state index is -0.279. The van der Waals surface area contributed by atoms with Crippen LogP contribution in [0.25, 0.3) is 0 Å². The molecule has 0 bridgehead atoms. The van der Waals surface area contributed by atoms with Crippen molar-refractivity contribution in [3.8, 4) is 0 Å². The topological polar surface area (TPSA) is 0 Å². The van der Waals surface area contributed by atoms with E-state index in [4.69, 9.17) is 23.2 Å². The molecule has 0 fully saturated rings. The van der Waals surface area contributed by atoms with Gasteiger partial charge in [0.25, 0.3) is 0 Å². The summed E-state index contributed by atoms with van der Waals surface area (Å²) in [6, 6.07) is 4.61. The number of halogens is 3. The zero-order valence-corrected chi connectivity index (χ0v) is 7.29. The van der Waals surface area contributed by atoms with Crippen LogP contribution in [-0.2, 0) is 6.42 Å². The van der Waals surface area contributed by atoms with Crippen LogP contribution in [0.15, 0.2) is 18.2 Å². The molecule has 0 saturated carbocycles. The number of hydrogen-bond donors (Lipinski definition) is 0. The molecule has 0 nitrogen and oxygen atoms in total. The Morgan fingerprint density at radius 3 is 2.64 bits per heavy atom. The molecule has 0 aliphatic carbocycles. The maximum Gasteiger partial charge on any atom is 0.127 e. The van der Waals surface area contributed by atoms with E-state index in [1.807, 2.05) is 0 Å². The standard InChI is InChI=1S/C8H7Cl2F/c9-4-3-6-1-2-7(10)5-8(6)11/h1-2,5H,3-4H2. The first kappa shape index (κ1) is 8.82. The zero-order chi connectivity index (χ0) is 8.27. The van der Waals surface area contributed by atoms with Crippen LogP contribution in [-0.4, -0.2) is 5.88 Å². The van der Waals surface area contributed by atoms with Gasteiger partial charge in [-0.3, -0.25) is 0 Å². The minimum absolute atomic E-state index is 0.279. The molecular weight excluding hydrogens is 186 g/mol. The predicted molar refractivity (Wildman–Crippen MR) is 45.8 cm³/mol. The van der Waals surface area contributed by atoms with Crippen LogP contribution in [0.1, 0.15) is 5.56 Å². The van der Waals surface area contributed by atoms with E-state index >= 15 is 0 Å². The second kappa shape index (κ2) is 3.93. The fraction of sp³-hybridized carbons (Fsp3) is 0.250. The van der Waals surface area contributed by atoms with Crippen LogP contribution in [0.4, 0.5) is 4.39 Å². The maximum atomic E-state index is 12.9. The van der Waals surface area contributed by atoms with Crippen LogP contribution < -0.4 is 0 Å². The maximum absolute atomic E-state index is 12.9. The van der Waals surface area contributed by atoms with E-state index < -0.39 is 0 Å². The normalized spacial score (nSPS) is 10.1. The van der Waals surface area contributed by atoms with E-state index in [1.165, 1.54) is 6.07 Å². The summed E-state index contributed by atoms with van der Waals surface area (Å²) in [5.41, 5.74) is 0.615. The molecule has 0 heterocycles. The van der Waals surface area contributed by atoms with Crippen molar-refractivity contribution in [3.63, 3.8) is 0 Å². The van der Waals surface area contributed by atoms with Gasteiger partial charge in [0.05, 0.1) is 0 Å². The summed E-state index contributed by atoms with van der Waals surface area (Å²) < 4.78 is 12.9. The van der Waals surface area contributed by atoms with Gasteiger partial charge in [0.1, 0.15) is 5.82 Å². The second-order valence-corrected chi connectivity index (χ2v) is 2.99. The summed E-state index contributed by atoms with van der Waals surface area (Å²) in [5, 5.41) is 0.417. The summed E-state index contributed by atoms with van der Waals surface area (Å²) in [5.74, 6) is 0.150. The van der Waals surface area contributed by atoms with Crippen molar-refractivity contribution in [3.05, 3.63) is 34.6 Å². The molecule has 0 unspecified atom stereocenters. The zero-order valence-electron chi connectivity index (χ0n) is 5.78. The van der Waals surface area contributed by atoms with Crippen molar-refractivity contribution in [1.29, 1.82) is 0 Å². The molecule has 0 amide bonds. The van der Waals surface area contributed by atoms with Gasteiger partial charge in [0.15, 0.2) is 0 Å². The summed E-state index contributed by atoms with van der Waals surface area (Å²) in [6.07, 6.45) is 0.546. The van der Waals surface area contributed by atoms with Gasteiger partial charge in [0.2, 0.25) is 0 Å². The molecule has 0 radical (unpaired) electrons. The first-order chi connectivity index (χ1) is 5.24. The summed E-state index contributed by atoms with van der Waals surface area (Å²) in [4.78, 5) is 0. The molecule has 3 heteroatoms. The van der Waals surface area contributed by atoms with E-state index in [2.05, 4.69) is 0 Å². The van der Waals surface area contributed by atoms with Gasteiger partial charge in [-0.25, -0.2) is 4.39 Å². The molecule has 0 aromatic heterocycles. The van der Waals surface area contributed by atoms with Crippen molar-refractivity contribution in [2.24, 2.45) is 0 Å². The first-order valence-electron chi connectivity index (χ1n) is 3.24. The fourth-order valence-electron chi connectivity index (χ4n) is 0.826. The van der Waals surface area contributed by atoms with Crippen LogP contribution in [0.3, 0.4) is 0 Å². The number of rotatable bonds is 2. The van der Waals surface area contributed by atoms with Crippen molar-refractivity contribution >= 4 is 23.2 Å². The Bertz CT molecular complexity index is 248. The van der Waals surface area contributed by atoms with Crippen LogP contribution in [0, 0.1) is 5.82 Å². The molecular formula is C8H7Cl2F. The molecule has 60 valence electrons. The van der Waals surface area contributed by atoms with E-state index in [1.54, 1.807) is 12.1 Å². The molecule has 1 rings (SSSR count). The summed E-state index contributed by atoms with van der Waals surface area (Å²) >= 11 is 11.0. The van der Waals surface area contributed by atoms with Gasteiger partial charge >= 0.3 is 0 Å². The van der Waals surface area contributed by atoms with Gasteiger partial charge in [-0.2, -0.15) is 0 Å². The third-order valence-corrected chi connectivity index (χ3v) is 1.80. The molecule has 0 atom stereocenters. The third-order valence-electron chi connectivity index (χ3n) is 1.38. The number of alkyl halides is 1. The lowest BCUT2D eigenvalue weighted by Gasteiger charge is -1.99. The van der Waals surface area contributed by atoms with E-state index in [0.717, 1.165) is 0 Å². The second-order valence-electron chi connectivity index (χ2n) is 2.17. The van der Waals surface area contributed by atoms with Crippen molar-refractivity contribution in [2.45, 2.75) is 6.42 Å². The highest BCUT2D eigenvalue weighted by atomic mass is 35.5. The third kappa shape index (κ3) is 2.35. The molecule has 1 aromatic carbocycles. The van der Waals surface area contributed by atoms with Gasteiger partial charge in [0, 0.05) is 10.9 Å². The number of benzene rings is 1. The molecule has 0 N–H and O–H groups in total. The Hall–Kier alpha value is -0.270. The van der Waals surface area contributed by atoms with Crippen molar-refractivity contribution in [2.75, 3.05) is 5.88 Å². The number of aryl methyl sites for hydroxylation is 1. The smallest absolute Gasteiger partial charge is 0.127 e. The largest absolute Gasteiger partial charge is 0.207 e. The SMILES string of the molecule is Fc1cc(Cl)ccc1CCCl. The first-order valence-corrected chi connectivity index (χ1v) is 4.15. The van der Waals surface area contributed by atoms with Gasteiger partial charge in [-0.1, -0.05) is 17.7 Å². The highest BCUT2D eigenvalue weighted by Gasteiger charge is 2.00. The van der Waals surface area contributed by atoms with Gasteiger partial charge in [-0.05, 0) is 24.1 Å². The molecule has 0 aliphatic heterocycles. The lowest BCUT2D eigenvalue weighted by Crippen LogP contribution is -1.90. The van der Waals surface area contributed by atoms with Gasteiger partial charge < -0.3 is 0 Å². The average molecular weight is 193 g/mol. The fourth-order valence-corrected chi connectivity index (χ4v) is 1.19. The highest BCUT2D eigenvalue weighted by molar-refractivity contribution is 6.30. The lowest BCUT2D eigenvalue weighted by atomic mass is 10.2. The van der Waals surface area contributed by atoms with E-state index in [0.29, 0.717) is 22.9 Å². The quantitative estimate of drug-likeness (QED) is 0.632. The summed E-state index contributed by atoms with van der Waals surface area (Å²) in [6.45, 7) is 0. The Kier molecular flexibility index (Phi) is 3.16.